The van der Waals surface area contributed by atoms with Crippen LogP contribution in [0.5, 0.6) is 0 Å². The maximum Gasteiger partial charge on any atom is 0.307 e. The summed E-state index contributed by atoms with van der Waals surface area (Å²) in [6.45, 7) is 5.02. The monoisotopic (exact) mass is 532 g/mol. The molecule has 8 nitrogen and oxygen atoms in total. The third-order valence-electron chi connectivity index (χ3n) is 7.44. The van der Waals surface area contributed by atoms with Gasteiger partial charge in [0.2, 0.25) is 11.8 Å². The highest BCUT2D eigenvalue weighted by molar-refractivity contribution is 5.82. The first kappa shape index (κ1) is 31.8. The molecule has 1 aliphatic rings. The Hall–Kier alpha value is -2.45. The molecule has 1 fully saturated rings. The standard InChI is InChI=1S/C30H48N2O6/c1-4-5-6-10-15-23(20-22-13-8-7-9-14-22)28(36)32-24-16-11-12-17-25(24)38-26(34)18-19-31-29(37)27(35)30(2,3)21-33/h7-9,13-14,23-25,27,33,35H,4-6,10-12,15-21H2,1-3H3,(H,31,37)(H,32,36)/t23?,24-,25-,27?/m0/s1. The summed E-state index contributed by atoms with van der Waals surface area (Å²) in [6, 6.07) is 9.85. The molecule has 0 aliphatic heterocycles. The second-order valence-corrected chi connectivity index (χ2v) is 11.3. The molecule has 0 radical (unpaired) electrons. The zero-order chi connectivity index (χ0) is 28.0. The lowest BCUT2D eigenvalue weighted by molar-refractivity contribution is -0.153. The number of benzene rings is 1. The van der Waals surface area contributed by atoms with Crippen LogP contribution >= 0.6 is 0 Å². The summed E-state index contributed by atoms with van der Waals surface area (Å²) in [5.41, 5.74) is 0.163. The number of hydrogen-bond acceptors (Lipinski definition) is 6. The lowest BCUT2D eigenvalue weighted by Crippen LogP contribution is -2.49. The number of carbonyl (C=O) groups is 3. The van der Waals surface area contributed by atoms with E-state index in [1.165, 1.54) is 6.42 Å². The van der Waals surface area contributed by atoms with E-state index in [1.807, 2.05) is 18.2 Å². The van der Waals surface area contributed by atoms with Crippen LogP contribution in [0.4, 0.5) is 0 Å². The molecule has 1 aromatic carbocycles. The maximum atomic E-state index is 13.4. The van der Waals surface area contributed by atoms with Gasteiger partial charge in [0.1, 0.15) is 12.2 Å². The molecule has 2 amide bonds. The largest absolute Gasteiger partial charge is 0.460 e. The number of carbonyl (C=O) groups excluding carboxylic acids is 3. The van der Waals surface area contributed by atoms with Crippen LogP contribution in [0.25, 0.3) is 0 Å². The van der Waals surface area contributed by atoms with Gasteiger partial charge in [0, 0.05) is 17.9 Å². The predicted molar refractivity (Wildman–Crippen MR) is 147 cm³/mol. The highest BCUT2D eigenvalue weighted by Crippen LogP contribution is 2.24. The highest BCUT2D eigenvalue weighted by Gasteiger charge is 2.34. The first-order chi connectivity index (χ1) is 18.2. The molecule has 0 spiro atoms. The van der Waals surface area contributed by atoms with E-state index < -0.39 is 29.5 Å². The van der Waals surface area contributed by atoms with Crippen LogP contribution < -0.4 is 10.6 Å². The zero-order valence-electron chi connectivity index (χ0n) is 23.4. The van der Waals surface area contributed by atoms with E-state index in [4.69, 9.17) is 4.74 Å². The van der Waals surface area contributed by atoms with Crippen molar-refractivity contribution < 1.29 is 29.3 Å². The van der Waals surface area contributed by atoms with E-state index in [2.05, 4.69) is 29.7 Å². The van der Waals surface area contributed by atoms with Crippen molar-refractivity contribution in [1.29, 1.82) is 0 Å². The van der Waals surface area contributed by atoms with Gasteiger partial charge in [-0.05, 0) is 37.7 Å². The van der Waals surface area contributed by atoms with Gasteiger partial charge in [0.15, 0.2) is 0 Å². The molecule has 2 rings (SSSR count). The Kier molecular flexibility index (Phi) is 13.8. The maximum absolute atomic E-state index is 13.4. The van der Waals surface area contributed by atoms with Crippen LogP contribution in [0.15, 0.2) is 30.3 Å². The summed E-state index contributed by atoms with van der Waals surface area (Å²) in [4.78, 5) is 38.1. The number of ether oxygens (including phenoxy) is 1. The summed E-state index contributed by atoms with van der Waals surface area (Å²) in [6.07, 6.45) is 7.48. The van der Waals surface area contributed by atoms with Gasteiger partial charge in [-0.25, -0.2) is 0 Å². The lowest BCUT2D eigenvalue weighted by Gasteiger charge is -2.33. The fraction of sp³-hybridized carbons (Fsp3) is 0.700. The van der Waals surface area contributed by atoms with Crippen molar-refractivity contribution in [3.05, 3.63) is 35.9 Å². The van der Waals surface area contributed by atoms with E-state index in [0.29, 0.717) is 12.8 Å². The molecular formula is C30H48N2O6. The van der Waals surface area contributed by atoms with Crippen LogP contribution in [-0.4, -0.2) is 59.4 Å². The van der Waals surface area contributed by atoms with Gasteiger partial charge < -0.3 is 25.6 Å². The molecule has 1 aromatic rings. The van der Waals surface area contributed by atoms with Gasteiger partial charge in [-0.2, -0.15) is 0 Å². The molecule has 2 unspecified atom stereocenters. The van der Waals surface area contributed by atoms with Gasteiger partial charge in [-0.15, -0.1) is 0 Å². The van der Waals surface area contributed by atoms with Crippen LogP contribution in [-0.2, 0) is 25.5 Å². The Morgan fingerprint density at radius 3 is 2.45 bits per heavy atom. The molecular weight excluding hydrogens is 484 g/mol. The van der Waals surface area contributed by atoms with Crippen LogP contribution in [0.3, 0.4) is 0 Å². The van der Waals surface area contributed by atoms with Crippen molar-refractivity contribution in [1.82, 2.24) is 10.6 Å². The van der Waals surface area contributed by atoms with E-state index >= 15 is 0 Å². The normalized spacial score (nSPS) is 19.3. The molecule has 8 heteroatoms. The second kappa shape index (κ2) is 16.5. The van der Waals surface area contributed by atoms with Crippen molar-refractivity contribution in [2.45, 2.75) is 110 Å². The molecule has 214 valence electrons. The summed E-state index contributed by atoms with van der Waals surface area (Å²) < 4.78 is 5.74. The number of hydrogen-bond donors (Lipinski definition) is 4. The molecule has 4 atom stereocenters. The summed E-state index contributed by atoms with van der Waals surface area (Å²) in [7, 11) is 0. The van der Waals surface area contributed by atoms with Crippen molar-refractivity contribution in [3.8, 4) is 0 Å². The minimum Gasteiger partial charge on any atom is -0.460 e. The van der Waals surface area contributed by atoms with Gasteiger partial charge >= 0.3 is 5.97 Å². The number of rotatable bonds is 16. The van der Waals surface area contributed by atoms with E-state index in [-0.39, 0.29) is 37.4 Å². The number of aliphatic hydroxyl groups excluding tert-OH is 2. The van der Waals surface area contributed by atoms with Gasteiger partial charge in [0.25, 0.3) is 0 Å². The number of unbranched alkanes of at least 4 members (excludes halogenated alkanes) is 3. The Labute approximate surface area is 227 Å². The number of amides is 2. The predicted octanol–water partition coefficient (Wildman–Crippen LogP) is 3.67. The molecule has 0 saturated heterocycles. The van der Waals surface area contributed by atoms with E-state index in [9.17, 15) is 24.6 Å². The zero-order valence-corrected chi connectivity index (χ0v) is 23.4. The average Bonchev–Trinajstić information content (AvgIpc) is 2.91. The number of aliphatic hydroxyl groups is 2. The third kappa shape index (κ3) is 10.7. The SMILES string of the molecule is CCCCCCC(Cc1ccccc1)C(=O)N[C@H]1CCCC[C@@H]1OC(=O)CCNC(=O)C(O)C(C)(C)CO. The summed E-state index contributed by atoms with van der Waals surface area (Å²) >= 11 is 0. The van der Waals surface area contributed by atoms with Gasteiger partial charge in [-0.1, -0.05) is 83.2 Å². The third-order valence-corrected chi connectivity index (χ3v) is 7.44. The van der Waals surface area contributed by atoms with Crippen molar-refractivity contribution in [2.24, 2.45) is 11.3 Å². The molecule has 0 heterocycles. The van der Waals surface area contributed by atoms with Crippen LogP contribution in [0.1, 0.15) is 90.5 Å². The first-order valence-corrected chi connectivity index (χ1v) is 14.3. The Balaban J connectivity index is 1.90. The number of nitrogens with one attached hydrogen (secondary N) is 2. The van der Waals surface area contributed by atoms with E-state index in [1.54, 1.807) is 13.8 Å². The Bertz CT molecular complexity index is 860. The number of esters is 1. The van der Waals surface area contributed by atoms with Crippen molar-refractivity contribution in [3.63, 3.8) is 0 Å². The minimum atomic E-state index is -1.38. The highest BCUT2D eigenvalue weighted by atomic mass is 16.5. The summed E-state index contributed by atoms with van der Waals surface area (Å²) in [5, 5.41) is 25.1. The van der Waals surface area contributed by atoms with Crippen molar-refractivity contribution >= 4 is 17.8 Å². The smallest absolute Gasteiger partial charge is 0.307 e. The first-order valence-electron chi connectivity index (χ1n) is 14.3. The molecule has 38 heavy (non-hydrogen) atoms. The molecule has 1 saturated carbocycles. The lowest BCUT2D eigenvalue weighted by atomic mass is 9.87. The topological polar surface area (TPSA) is 125 Å². The van der Waals surface area contributed by atoms with Crippen molar-refractivity contribution in [2.75, 3.05) is 13.2 Å². The molecule has 0 aromatic heterocycles. The van der Waals surface area contributed by atoms with E-state index in [0.717, 1.165) is 50.5 Å². The minimum absolute atomic E-state index is 0.0195. The fourth-order valence-electron chi connectivity index (χ4n) is 4.80. The van der Waals surface area contributed by atoms with Gasteiger partial charge in [0.05, 0.1) is 19.1 Å². The van der Waals surface area contributed by atoms with Crippen LogP contribution in [0.2, 0.25) is 0 Å². The Morgan fingerprint density at radius 2 is 1.76 bits per heavy atom. The molecule has 0 bridgehead atoms. The quantitative estimate of drug-likeness (QED) is 0.190. The van der Waals surface area contributed by atoms with Crippen LogP contribution in [0, 0.1) is 11.3 Å². The Morgan fingerprint density at radius 1 is 1.05 bits per heavy atom. The molecule has 4 N–H and O–H groups in total. The average molecular weight is 533 g/mol. The van der Waals surface area contributed by atoms with Gasteiger partial charge in [-0.3, -0.25) is 14.4 Å². The second-order valence-electron chi connectivity index (χ2n) is 11.3. The fourth-order valence-corrected chi connectivity index (χ4v) is 4.80. The summed E-state index contributed by atoms with van der Waals surface area (Å²) in [5.74, 6) is -1.20. The molecule has 1 aliphatic carbocycles.